The van der Waals surface area contributed by atoms with Gasteiger partial charge in [-0.2, -0.15) is 0 Å². The molecule has 25 heavy (non-hydrogen) atoms. The molecule has 1 amide bonds. The van der Waals surface area contributed by atoms with Gasteiger partial charge in [0.25, 0.3) is 5.91 Å². The molecule has 0 spiro atoms. The molecule has 2 aromatic rings. The number of amides is 1. The Balaban J connectivity index is 1.96. The quantitative estimate of drug-likeness (QED) is 0.701. The molecule has 3 rings (SSSR count). The van der Waals surface area contributed by atoms with Crippen molar-refractivity contribution in [2.75, 3.05) is 11.9 Å². The third-order valence-corrected chi connectivity index (χ3v) is 6.20. The lowest BCUT2D eigenvalue weighted by Gasteiger charge is -2.18. The van der Waals surface area contributed by atoms with Gasteiger partial charge in [0.05, 0.1) is 17.7 Å². The fourth-order valence-corrected chi connectivity index (χ4v) is 4.93. The van der Waals surface area contributed by atoms with Crippen LogP contribution in [0.3, 0.4) is 0 Å². The number of nitrogens with one attached hydrogen (secondary N) is 1. The van der Waals surface area contributed by atoms with Crippen LogP contribution in [-0.2, 0) is 17.6 Å². The Labute approximate surface area is 159 Å². The minimum absolute atomic E-state index is 0.232. The highest BCUT2D eigenvalue weighted by Gasteiger charge is 2.29. The zero-order valence-electron chi connectivity index (χ0n) is 14.2. The summed E-state index contributed by atoms with van der Waals surface area (Å²) in [6.45, 7) is 4.32. The predicted octanol–water partition coefficient (Wildman–Crippen LogP) is 5.06. The number of fused-ring (bicyclic) bond motifs is 1. The molecule has 0 radical (unpaired) electrons. The minimum atomic E-state index is -0.350. The highest BCUT2D eigenvalue weighted by atomic mass is 79.9. The Morgan fingerprint density at radius 1 is 1.36 bits per heavy atom. The number of halogens is 1. The number of thiophene rings is 1. The van der Waals surface area contributed by atoms with E-state index >= 15 is 0 Å². The van der Waals surface area contributed by atoms with E-state index in [1.54, 1.807) is 13.0 Å². The Hall–Kier alpha value is -1.66. The van der Waals surface area contributed by atoms with Crippen LogP contribution in [0.5, 0.6) is 0 Å². The van der Waals surface area contributed by atoms with E-state index in [2.05, 4.69) is 28.2 Å². The molecular formula is C19H20BrNO3S. The van der Waals surface area contributed by atoms with Crippen molar-refractivity contribution < 1.29 is 14.3 Å². The van der Waals surface area contributed by atoms with Gasteiger partial charge in [-0.25, -0.2) is 4.79 Å². The second-order valence-electron chi connectivity index (χ2n) is 6.21. The van der Waals surface area contributed by atoms with Crippen molar-refractivity contribution in [2.24, 2.45) is 5.92 Å². The van der Waals surface area contributed by atoms with Crippen molar-refractivity contribution >= 4 is 44.1 Å². The number of carbonyl (C=O) groups excluding carboxylic acids is 2. The summed E-state index contributed by atoms with van der Waals surface area (Å²) in [5.74, 6) is 0.00895. The molecule has 6 heteroatoms. The van der Waals surface area contributed by atoms with Crippen LogP contribution in [-0.4, -0.2) is 18.5 Å². The summed E-state index contributed by atoms with van der Waals surface area (Å²) in [5.41, 5.74) is 2.12. The van der Waals surface area contributed by atoms with Gasteiger partial charge in [0.2, 0.25) is 0 Å². The van der Waals surface area contributed by atoms with E-state index < -0.39 is 0 Å². The van der Waals surface area contributed by atoms with E-state index in [-0.39, 0.29) is 11.9 Å². The molecule has 1 unspecified atom stereocenters. The van der Waals surface area contributed by atoms with Crippen LogP contribution in [0.15, 0.2) is 28.7 Å². The Morgan fingerprint density at radius 2 is 2.12 bits per heavy atom. The SMILES string of the molecule is CCOC(=O)c1c(NC(=O)c2ccccc2Br)sc2c1CCC(C)C2. The average molecular weight is 422 g/mol. The van der Waals surface area contributed by atoms with Gasteiger partial charge in [0, 0.05) is 9.35 Å². The zero-order valence-corrected chi connectivity index (χ0v) is 16.6. The minimum Gasteiger partial charge on any atom is -0.462 e. The summed E-state index contributed by atoms with van der Waals surface area (Å²) < 4.78 is 5.96. The third kappa shape index (κ3) is 3.80. The van der Waals surface area contributed by atoms with Gasteiger partial charge >= 0.3 is 5.97 Å². The highest BCUT2D eigenvalue weighted by molar-refractivity contribution is 9.10. The van der Waals surface area contributed by atoms with E-state index in [1.165, 1.54) is 16.2 Å². The average Bonchev–Trinajstić information content (AvgIpc) is 2.92. The largest absolute Gasteiger partial charge is 0.462 e. The van der Waals surface area contributed by atoms with Gasteiger partial charge in [-0.1, -0.05) is 19.1 Å². The van der Waals surface area contributed by atoms with E-state index in [9.17, 15) is 9.59 Å². The maximum Gasteiger partial charge on any atom is 0.341 e. The summed E-state index contributed by atoms with van der Waals surface area (Å²) >= 11 is 4.90. The molecule has 1 N–H and O–H groups in total. The number of benzene rings is 1. The second kappa shape index (κ2) is 7.70. The summed E-state index contributed by atoms with van der Waals surface area (Å²) in [4.78, 5) is 26.3. The molecule has 0 aliphatic heterocycles. The van der Waals surface area contributed by atoms with Gasteiger partial charge in [-0.3, -0.25) is 4.79 Å². The molecule has 1 aliphatic rings. The third-order valence-electron chi connectivity index (χ3n) is 4.34. The van der Waals surface area contributed by atoms with Crippen molar-refractivity contribution in [3.8, 4) is 0 Å². The Morgan fingerprint density at radius 3 is 2.84 bits per heavy atom. The number of anilines is 1. The first-order chi connectivity index (χ1) is 12.0. The molecule has 1 aromatic heterocycles. The van der Waals surface area contributed by atoms with Gasteiger partial charge < -0.3 is 10.1 Å². The van der Waals surface area contributed by atoms with Crippen LogP contribution < -0.4 is 5.32 Å². The normalized spacial score (nSPS) is 16.2. The fourth-order valence-electron chi connectivity index (χ4n) is 3.07. The molecule has 0 fully saturated rings. The van der Waals surface area contributed by atoms with Crippen molar-refractivity contribution in [1.82, 2.24) is 0 Å². The van der Waals surface area contributed by atoms with E-state index in [1.807, 2.05) is 18.2 Å². The monoisotopic (exact) mass is 421 g/mol. The summed E-state index contributed by atoms with van der Waals surface area (Å²) in [5, 5.41) is 3.52. The lowest BCUT2D eigenvalue weighted by Crippen LogP contribution is -2.17. The van der Waals surface area contributed by atoms with Crippen LogP contribution in [0.4, 0.5) is 5.00 Å². The summed E-state index contributed by atoms with van der Waals surface area (Å²) in [6.07, 6.45) is 2.84. The fraction of sp³-hybridized carbons (Fsp3) is 0.368. The number of rotatable bonds is 4. The van der Waals surface area contributed by atoms with Crippen molar-refractivity contribution in [3.05, 3.63) is 50.3 Å². The van der Waals surface area contributed by atoms with E-state index in [4.69, 9.17) is 4.74 Å². The van der Waals surface area contributed by atoms with Gasteiger partial charge in [0.1, 0.15) is 5.00 Å². The molecule has 1 atom stereocenters. The lowest BCUT2D eigenvalue weighted by molar-refractivity contribution is 0.0526. The molecular weight excluding hydrogens is 402 g/mol. The number of hydrogen-bond donors (Lipinski definition) is 1. The number of esters is 1. The summed E-state index contributed by atoms with van der Waals surface area (Å²) in [6, 6.07) is 7.24. The first kappa shape index (κ1) is 18.1. The number of ether oxygens (including phenoxy) is 1. The van der Waals surface area contributed by atoms with E-state index in [0.29, 0.717) is 28.7 Å². The summed E-state index contributed by atoms with van der Waals surface area (Å²) in [7, 11) is 0. The van der Waals surface area contributed by atoms with Crippen LogP contribution in [0.1, 0.15) is 51.4 Å². The first-order valence-electron chi connectivity index (χ1n) is 8.38. The molecule has 0 bridgehead atoms. The van der Waals surface area contributed by atoms with Crippen LogP contribution >= 0.6 is 27.3 Å². The molecule has 0 saturated carbocycles. The number of carbonyl (C=O) groups is 2. The molecule has 1 aliphatic carbocycles. The predicted molar refractivity (Wildman–Crippen MR) is 104 cm³/mol. The maximum absolute atomic E-state index is 12.7. The van der Waals surface area contributed by atoms with Crippen molar-refractivity contribution in [3.63, 3.8) is 0 Å². The standard InChI is InChI=1S/C19H20BrNO3S/c1-3-24-19(23)16-13-9-8-11(2)10-15(13)25-18(16)21-17(22)12-6-4-5-7-14(12)20/h4-7,11H,3,8-10H2,1-2H3,(H,21,22). The molecule has 1 aromatic carbocycles. The molecule has 0 saturated heterocycles. The van der Waals surface area contributed by atoms with Gasteiger partial charge in [0.15, 0.2) is 0 Å². The molecule has 1 heterocycles. The lowest BCUT2D eigenvalue weighted by atomic mass is 9.88. The van der Waals surface area contributed by atoms with Crippen LogP contribution in [0.25, 0.3) is 0 Å². The zero-order chi connectivity index (χ0) is 18.0. The van der Waals surface area contributed by atoms with E-state index in [0.717, 1.165) is 29.3 Å². The van der Waals surface area contributed by atoms with Gasteiger partial charge in [-0.05, 0) is 65.7 Å². The number of hydrogen-bond acceptors (Lipinski definition) is 4. The van der Waals surface area contributed by atoms with Crippen molar-refractivity contribution in [1.29, 1.82) is 0 Å². The highest BCUT2D eigenvalue weighted by Crippen LogP contribution is 2.40. The van der Waals surface area contributed by atoms with Crippen LogP contribution in [0, 0.1) is 5.92 Å². The Kier molecular flexibility index (Phi) is 5.59. The van der Waals surface area contributed by atoms with Crippen molar-refractivity contribution in [2.45, 2.75) is 33.1 Å². The maximum atomic E-state index is 12.7. The smallest absolute Gasteiger partial charge is 0.341 e. The van der Waals surface area contributed by atoms with Gasteiger partial charge in [-0.15, -0.1) is 11.3 Å². The Bertz CT molecular complexity index is 815. The molecule has 132 valence electrons. The first-order valence-corrected chi connectivity index (χ1v) is 9.99. The molecule has 4 nitrogen and oxygen atoms in total. The second-order valence-corrected chi connectivity index (χ2v) is 8.17. The topological polar surface area (TPSA) is 55.4 Å². The van der Waals surface area contributed by atoms with Crippen LogP contribution in [0.2, 0.25) is 0 Å².